The van der Waals surface area contributed by atoms with Crippen molar-refractivity contribution in [3.05, 3.63) is 77.5 Å². The minimum Gasteiger partial charge on any atom is -0.369 e. The van der Waals surface area contributed by atoms with Crippen LogP contribution in [0.4, 0.5) is 5.69 Å². The number of nitrogens with two attached hydrogens (primary N) is 1. The molecule has 0 aromatic heterocycles. The number of rotatable bonds is 5. The van der Waals surface area contributed by atoms with Crippen LogP contribution < -0.4 is 16.4 Å². The summed E-state index contributed by atoms with van der Waals surface area (Å²) in [6.07, 6.45) is 0. The van der Waals surface area contributed by atoms with Gasteiger partial charge in [-0.05, 0) is 24.6 Å². The molecule has 1 aliphatic heterocycles. The number of anilines is 1. The number of benzene rings is 2. The molecule has 2 amide bonds. The number of primary amides is 1. The highest BCUT2D eigenvalue weighted by Gasteiger charge is 2.29. The van der Waals surface area contributed by atoms with Crippen molar-refractivity contribution >= 4 is 34.4 Å². The number of nitrogens with zero attached hydrogens (tertiary/aromatic N) is 1. The average Bonchev–Trinajstić information content (AvgIpc) is 2.67. The van der Waals surface area contributed by atoms with Gasteiger partial charge in [0.25, 0.3) is 5.91 Å². The SMILES string of the molecule is CC1=C(C(=O)Nc2ccccc2)[C@H](c2ccccc2)N=C(SCC(N)=O)N1. The normalized spacial score (nSPS) is 16.3. The van der Waals surface area contributed by atoms with Gasteiger partial charge in [0, 0.05) is 11.4 Å². The number of amides is 2. The maximum Gasteiger partial charge on any atom is 0.255 e. The molecular weight excluding hydrogens is 360 g/mol. The third-order valence-corrected chi connectivity index (χ3v) is 4.87. The predicted molar refractivity (Wildman–Crippen MR) is 109 cm³/mol. The lowest BCUT2D eigenvalue weighted by atomic mass is 9.96. The summed E-state index contributed by atoms with van der Waals surface area (Å²) in [6, 6.07) is 18.4. The third kappa shape index (κ3) is 4.77. The van der Waals surface area contributed by atoms with Crippen molar-refractivity contribution in [1.29, 1.82) is 0 Å². The summed E-state index contributed by atoms with van der Waals surface area (Å²) in [5.74, 6) is -0.524. The Labute approximate surface area is 161 Å². The molecule has 0 aliphatic carbocycles. The molecular formula is C20H20N4O2S. The first kappa shape index (κ1) is 18.7. The number of carbonyl (C=O) groups is 2. The lowest BCUT2D eigenvalue weighted by Crippen LogP contribution is -2.32. The molecule has 6 nitrogen and oxygen atoms in total. The van der Waals surface area contributed by atoms with E-state index in [1.54, 1.807) is 0 Å². The fourth-order valence-electron chi connectivity index (χ4n) is 2.75. The summed E-state index contributed by atoms with van der Waals surface area (Å²) in [4.78, 5) is 28.7. The highest BCUT2D eigenvalue weighted by atomic mass is 32.2. The van der Waals surface area contributed by atoms with E-state index in [2.05, 4.69) is 15.6 Å². The van der Waals surface area contributed by atoms with E-state index >= 15 is 0 Å². The highest BCUT2D eigenvalue weighted by molar-refractivity contribution is 8.14. The molecule has 0 saturated heterocycles. The van der Waals surface area contributed by atoms with Gasteiger partial charge in [0.15, 0.2) is 5.17 Å². The highest BCUT2D eigenvalue weighted by Crippen LogP contribution is 2.32. The molecule has 3 rings (SSSR count). The van der Waals surface area contributed by atoms with E-state index in [9.17, 15) is 9.59 Å². The van der Waals surface area contributed by atoms with Crippen molar-refractivity contribution < 1.29 is 9.59 Å². The number of carbonyl (C=O) groups excluding carboxylic acids is 2. The fourth-order valence-corrected chi connectivity index (χ4v) is 3.43. The van der Waals surface area contributed by atoms with Crippen molar-refractivity contribution in [1.82, 2.24) is 5.32 Å². The van der Waals surface area contributed by atoms with E-state index in [1.807, 2.05) is 67.6 Å². The number of hydrogen-bond donors (Lipinski definition) is 3. The summed E-state index contributed by atoms with van der Waals surface area (Å²) in [5.41, 5.74) is 8.07. The minimum atomic E-state index is -0.466. The zero-order chi connectivity index (χ0) is 19.2. The minimum absolute atomic E-state index is 0.117. The van der Waals surface area contributed by atoms with Gasteiger partial charge in [-0.15, -0.1) is 0 Å². The number of aliphatic imine (C=N–C) groups is 1. The van der Waals surface area contributed by atoms with Crippen molar-refractivity contribution in [2.24, 2.45) is 10.7 Å². The van der Waals surface area contributed by atoms with Gasteiger partial charge in [-0.3, -0.25) is 9.59 Å². The van der Waals surface area contributed by atoms with Crippen molar-refractivity contribution in [3.63, 3.8) is 0 Å². The Bertz CT molecular complexity index is 895. The Balaban J connectivity index is 1.91. The number of para-hydroxylation sites is 1. The van der Waals surface area contributed by atoms with E-state index in [0.29, 0.717) is 22.1 Å². The summed E-state index contributed by atoms with van der Waals surface area (Å²) in [6.45, 7) is 1.83. The largest absolute Gasteiger partial charge is 0.369 e. The molecule has 0 spiro atoms. The Hall–Kier alpha value is -3.06. The molecule has 2 aromatic rings. The summed E-state index contributed by atoms with van der Waals surface area (Å²) in [5, 5.41) is 6.60. The molecule has 1 heterocycles. The molecule has 2 aromatic carbocycles. The van der Waals surface area contributed by atoms with Crippen molar-refractivity contribution in [2.45, 2.75) is 13.0 Å². The first-order valence-electron chi connectivity index (χ1n) is 8.42. The third-order valence-electron chi connectivity index (χ3n) is 3.96. The van der Waals surface area contributed by atoms with Crippen LogP contribution in [0, 0.1) is 0 Å². The van der Waals surface area contributed by atoms with Crippen LogP contribution in [0.1, 0.15) is 18.5 Å². The second-order valence-corrected chi connectivity index (χ2v) is 6.95. The van der Waals surface area contributed by atoms with Gasteiger partial charge in [0.1, 0.15) is 6.04 Å². The molecule has 7 heteroatoms. The monoisotopic (exact) mass is 380 g/mol. The van der Waals surface area contributed by atoms with Gasteiger partial charge in [0.2, 0.25) is 5.91 Å². The Kier molecular flexibility index (Phi) is 5.93. The summed E-state index contributed by atoms with van der Waals surface area (Å²) in [7, 11) is 0. The van der Waals surface area contributed by atoms with Gasteiger partial charge < -0.3 is 16.4 Å². The topological polar surface area (TPSA) is 96.6 Å². The van der Waals surface area contributed by atoms with Gasteiger partial charge in [-0.1, -0.05) is 60.3 Å². The Morgan fingerprint density at radius 3 is 2.37 bits per heavy atom. The molecule has 0 fully saturated rings. The number of amidine groups is 1. The average molecular weight is 380 g/mol. The molecule has 0 unspecified atom stereocenters. The van der Waals surface area contributed by atoms with Gasteiger partial charge in [-0.2, -0.15) is 0 Å². The van der Waals surface area contributed by atoms with Gasteiger partial charge >= 0.3 is 0 Å². The van der Waals surface area contributed by atoms with E-state index < -0.39 is 11.9 Å². The van der Waals surface area contributed by atoms with Crippen LogP contribution in [0.5, 0.6) is 0 Å². The van der Waals surface area contributed by atoms with E-state index in [4.69, 9.17) is 5.73 Å². The number of allylic oxidation sites excluding steroid dienone is 1. The number of hydrogen-bond acceptors (Lipinski definition) is 5. The van der Waals surface area contributed by atoms with Crippen LogP contribution in [0.2, 0.25) is 0 Å². The maximum absolute atomic E-state index is 13.0. The zero-order valence-electron chi connectivity index (χ0n) is 14.8. The van der Waals surface area contributed by atoms with Crippen LogP contribution in [-0.4, -0.2) is 22.7 Å². The Morgan fingerprint density at radius 2 is 1.74 bits per heavy atom. The van der Waals surface area contributed by atoms with Gasteiger partial charge in [-0.25, -0.2) is 4.99 Å². The van der Waals surface area contributed by atoms with Crippen LogP contribution in [0.25, 0.3) is 0 Å². The number of nitrogens with one attached hydrogen (secondary N) is 2. The standard InChI is InChI=1S/C20H20N4O2S/c1-13-17(19(26)23-15-10-6-3-7-11-15)18(14-8-4-2-5-9-14)24-20(22-13)27-12-16(21)25/h2-11,18H,12H2,1H3,(H2,21,25)(H,22,24)(H,23,26)/t18-/m0/s1. The second kappa shape index (κ2) is 8.55. The first-order valence-corrected chi connectivity index (χ1v) is 9.41. The molecule has 4 N–H and O–H groups in total. The molecule has 0 bridgehead atoms. The van der Waals surface area contributed by atoms with Crippen LogP contribution in [-0.2, 0) is 9.59 Å². The maximum atomic E-state index is 13.0. The predicted octanol–water partition coefficient (Wildman–Crippen LogP) is 2.82. The van der Waals surface area contributed by atoms with E-state index in [0.717, 1.165) is 5.56 Å². The molecule has 1 atom stereocenters. The quantitative estimate of drug-likeness (QED) is 0.743. The molecule has 0 saturated carbocycles. The lowest BCUT2D eigenvalue weighted by Gasteiger charge is -2.26. The molecule has 138 valence electrons. The van der Waals surface area contributed by atoms with Gasteiger partial charge in [0.05, 0.1) is 11.3 Å². The molecule has 0 radical (unpaired) electrons. The fraction of sp³-hybridized carbons (Fsp3) is 0.150. The first-order chi connectivity index (χ1) is 13.0. The van der Waals surface area contributed by atoms with Crippen LogP contribution in [0.3, 0.4) is 0 Å². The van der Waals surface area contributed by atoms with E-state index in [-0.39, 0.29) is 11.7 Å². The summed E-state index contributed by atoms with van der Waals surface area (Å²) < 4.78 is 0. The van der Waals surface area contributed by atoms with Crippen LogP contribution >= 0.6 is 11.8 Å². The smallest absolute Gasteiger partial charge is 0.255 e. The number of thioether (sulfide) groups is 1. The molecule has 1 aliphatic rings. The van der Waals surface area contributed by atoms with Crippen molar-refractivity contribution in [2.75, 3.05) is 11.1 Å². The zero-order valence-corrected chi connectivity index (χ0v) is 15.6. The lowest BCUT2D eigenvalue weighted by molar-refractivity contribution is -0.115. The molecule has 27 heavy (non-hydrogen) atoms. The van der Waals surface area contributed by atoms with E-state index in [1.165, 1.54) is 11.8 Å². The van der Waals surface area contributed by atoms with Crippen LogP contribution in [0.15, 0.2) is 76.9 Å². The van der Waals surface area contributed by atoms with Crippen molar-refractivity contribution in [3.8, 4) is 0 Å². The Morgan fingerprint density at radius 1 is 1.11 bits per heavy atom. The second-order valence-electron chi connectivity index (χ2n) is 5.99. The summed E-state index contributed by atoms with van der Waals surface area (Å²) >= 11 is 1.22.